The number of para-hydroxylation sites is 1. The van der Waals surface area contributed by atoms with E-state index in [0.717, 1.165) is 5.69 Å². The van der Waals surface area contributed by atoms with E-state index >= 15 is 0 Å². The molecule has 0 saturated carbocycles. The van der Waals surface area contributed by atoms with Crippen LogP contribution in [0.3, 0.4) is 0 Å². The third-order valence-corrected chi connectivity index (χ3v) is 3.12. The van der Waals surface area contributed by atoms with Gasteiger partial charge in [0.05, 0.1) is 29.4 Å². The SMILES string of the molecule is CCOC(=O)C/C(=N\Nc1ccccc1)c1ccc([N+](=O)[O-])cc1. The van der Waals surface area contributed by atoms with Crippen molar-refractivity contribution in [2.24, 2.45) is 5.10 Å². The van der Waals surface area contributed by atoms with Gasteiger partial charge < -0.3 is 4.74 Å². The average molecular weight is 327 g/mol. The van der Waals surface area contributed by atoms with Crippen molar-refractivity contribution in [2.45, 2.75) is 13.3 Å². The van der Waals surface area contributed by atoms with Gasteiger partial charge in [0, 0.05) is 12.1 Å². The predicted octanol–water partition coefficient (Wildman–Crippen LogP) is 3.36. The van der Waals surface area contributed by atoms with E-state index in [1.807, 2.05) is 30.3 Å². The zero-order chi connectivity index (χ0) is 17.4. The molecule has 24 heavy (non-hydrogen) atoms. The second kappa shape index (κ2) is 8.42. The van der Waals surface area contributed by atoms with Gasteiger partial charge >= 0.3 is 5.97 Å². The molecule has 7 heteroatoms. The minimum atomic E-state index is -0.478. The topological polar surface area (TPSA) is 93.8 Å². The number of hydrogen-bond donors (Lipinski definition) is 1. The Morgan fingerprint density at radius 1 is 1.17 bits per heavy atom. The molecule has 0 aliphatic carbocycles. The number of benzene rings is 2. The van der Waals surface area contributed by atoms with E-state index in [1.54, 1.807) is 19.1 Å². The molecule has 2 rings (SSSR count). The second-order valence-electron chi connectivity index (χ2n) is 4.82. The molecule has 0 unspecified atom stereocenters. The summed E-state index contributed by atoms with van der Waals surface area (Å²) in [7, 11) is 0. The standard InChI is InChI=1S/C17H17N3O4/c1-2-24-17(21)12-16(19-18-14-6-4-3-5-7-14)13-8-10-15(11-9-13)20(22)23/h3-11,18H,2,12H2,1H3/b19-16+. The molecule has 2 aromatic rings. The number of nitro groups is 1. The molecular weight excluding hydrogens is 310 g/mol. The number of nitrogens with zero attached hydrogens (tertiary/aromatic N) is 2. The zero-order valence-corrected chi connectivity index (χ0v) is 13.1. The normalized spacial score (nSPS) is 11.0. The number of non-ortho nitro benzene ring substituents is 1. The van der Waals surface area contributed by atoms with Gasteiger partial charge in [-0.2, -0.15) is 5.10 Å². The van der Waals surface area contributed by atoms with Crippen LogP contribution in [0.15, 0.2) is 59.7 Å². The Balaban J connectivity index is 2.24. The first kappa shape index (κ1) is 17.1. The third-order valence-electron chi connectivity index (χ3n) is 3.12. The Morgan fingerprint density at radius 2 is 1.83 bits per heavy atom. The molecular formula is C17H17N3O4. The molecule has 1 N–H and O–H groups in total. The quantitative estimate of drug-likeness (QED) is 0.364. The summed E-state index contributed by atoms with van der Waals surface area (Å²) in [4.78, 5) is 22.0. The monoisotopic (exact) mass is 327 g/mol. The molecule has 0 aliphatic rings. The van der Waals surface area contributed by atoms with Crippen LogP contribution in [0.1, 0.15) is 18.9 Å². The van der Waals surface area contributed by atoms with Crippen LogP contribution in [0.4, 0.5) is 11.4 Å². The Labute approximate surface area is 139 Å². The first-order valence-corrected chi connectivity index (χ1v) is 7.38. The molecule has 7 nitrogen and oxygen atoms in total. The van der Waals surface area contributed by atoms with Crippen molar-refractivity contribution in [2.75, 3.05) is 12.0 Å². The summed E-state index contributed by atoms with van der Waals surface area (Å²) < 4.78 is 4.95. The van der Waals surface area contributed by atoms with E-state index in [1.165, 1.54) is 12.1 Å². The minimum Gasteiger partial charge on any atom is -0.466 e. The van der Waals surface area contributed by atoms with Crippen molar-refractivity contribution < 1.29 is 14.5 Å². The fourth-order valence-electron chi connectivity index (χ4n) is 1.98. The van der Waals surface area contributed by atoms with Crippen LogP contribution in [0.2, 0.25) is 0 Å². The zero-order valence-electron chi connectivity index (χ0n) is 13.1. The molecule has 0 bridgehead atoms. The summed E-state index contributed by atoms with van der Waals surface area (Å²) in [5, 5.41) is 15.0. The fourth-order valence-corrected chi connectivity index (χ4v) is 1.98. The van der Waals surface area contributed by atoms with Gasteiger partial charge in [0.15, 0.2) is 0 Å². The number of carbonyl (C=O) groups excluding carboxylic acids is 1. The van der Waals surface area contributed by atoms with Crippen LogP contribution in [0, 0.1) is 10.1 Å². The van der Waals surface area contributed by atoms with Gasteiger partial charge in [-0.25, -0.2) is 0 Å². The molecule has 0 heterocycles. The highest BCUT2D eigenvalue weighted by molar-refractivity contribution is 6.09. The highest BCUT2D eigenvalue weighted by atomic mass is 16.6. The number of rotatable bonds is 7. The predicted molar refractivity (Wildman–Crippen MR) is 90.9 cm³/mol. The van der Waals surface area contributed by atoms with E-state index in [4.69, 9.17) is 4.74 Å². The van der Waals surface area contributed by atoms with Crippen LogP contribution >= 0.6 is 0 Å². The summed E-state index contributed by atoms with van der Waals surface area (Å²) >= 11 is 0. The lowest BCUT2D eigenvalue weighted by atomic mass is 10.1. The Hall–Kier alpha value is -3.22. The summed E-state index contributed by atoms with van der Waals surface area (Å²) in [6.45, 7) is 2.00. The number of hydrazone groups is 1. The van der Waals surface area contributed by atoms with Gasteiger partial charge in [0.2, 0.25) is 0 Å². The molecule has 0 aliphatic heterocycles. The van der Waals surface area contributed by atoms with Gasteiger partial charge in [-0.05, 0) is 36.8 Å². The first-order valence-electron chi connectivity index (χ1n) is 7.38. The number of carbonyl (C=O) groups is 1. The average Bonchev–Trinajstić information content (AvgIpc) is 2.60. The summed E-state index contributed by atoms with van der Waals surface area (Å²) in [5.74, 6) is -0.413. The molecule has 0 spiro atoms. The lowest BCUT2D eigenvalue weighted by molar-refractivity contribution is -0.384. The van der Waals surface area contributed by atoms with Crippen molar-refractivity contribution in [3.8, 4) is 0 Å². The Morgan fingerprint density at radius 3 is 2.42 bits per heavy atom. The number of nitrogens with one attached hydrogen (secondary N) is 1. The van der Waals surface area contributed by atoms with Crippen LogP contribution < -0.4 is 5.43 Å². The molecule has 0 amide bonds. The maximum Gasteiger partial charge on any atom is 0.311 e. The van der Waals surface area contributed by atoms with Crippen LogP contribution in [0.5, 0.6) is 0 Å². The van der Waals surface area contributed by atoms with E-state index in [2.05, 4.69) is 10.5 Å². The largest absolute Gasteiger partial charge is 0.466 e. The van der Waals surface area contributed by atoms with E-state index < -0.39 is 10.9 Å². The van der Waals surface area contributed by atoms with Crippen LogP contribution in [-0.4, -0.2) is 23.2 Å². The molecule has 2 aromatic carbocycles. The van der Waals surface area contributed by atoms with Gasteiger partial charge in [0.25, 0.3) is 5.69 Å². The van der Waals surface area contributed by atoms with Crippen molar-refractivity contribution in [3.63, 3.8) is 0 Å². The smallest absolute Gasteiger partial charge is 0.311 e. The van der Waals surface area contributed by atoms with Crippen molar-refractivity contribution in [1.29, 1.82) is 0 Å². The van der Waals surface area contributed by atoms with Crippen LogP contribution in [-0.2, 0) is 9.53 Å². The molecule has 124 valence electrons. The highest BCUT2D eigenvalue weighted by Crippen LogP contribution is 2.15. The summed E-state index contributed by atoms with van der Waals surface area (Å²) in [5.41, 5.74) is 4.66. The number of hydrogen-bond acceptors (Lipinski definition) is 6. The Bertz CT molecular complexity index is 727. The molecule has 0 fully saturated rings. The van der Waals surface area contributed by atoms with Crippen LogP contribution in [0.25, 0.3) is 0 Å². The maximum absolute atomic E-state index is 11.8. The lowest BCUT2D eigenvalue weighted by Gasteiger charge is -2.08. The summed E-state index contributed by atoms with van der Waals surface area (Å²) in [6, 6.07) is 15.1. The summed E-state index contributed by atoms with van der Waals surface area (Å²) in [6.07, 6.45) is -0.0362. The lowest BCUT2D eigenvalue weighted by Crippen LogP contribution is -2.14. The third kappa shape index (κ3) is 4.91. The molecule has 0 atom stereocenters. The van der Waals surface area contributed by atoms with Gasteiger partial charge in [-0.15, -0.1) is 0 Å². The van der Waals surface area contributed by atoms with Gasteiger partial charge in [-0.1, -0.05) is 18.2 Å². The highest BCUT2D eigenvalue weighted by Gasteiger charge is 2.13. The van der Waals surface area contributed by atoms with E-state index in [-0.39, 0.29) is 18.7 Å². The number of nitro benzene ring substituents is 1. The van der Waals surface area contributed by atoms with Crippen molar-refractivity contribution >= 4 is 23.1 Å². The van der Waals surface area contributed by atoms with Gasteiger partial charge in [0.1, 0.15) is 0 Å². The number of ether oxygens (including phenoxy) is 1. The number of esters is 1. The van der Waals surface area contributed by atoms with Crippen molar-refractivity contribution in [1.82, 2.24) is 0 Å². The first-order chi connectivity index (χ1) is 11.6. The molecule has 0 saturated heterocycles. The maximum atomic E-state index is 11.8. The molecule has 0 aromatic heterocycles. The number of anilines is 1. The van der Waals surface area contributed by atoms with E-state index in [0.29, 0.717) is 11.3 Å². The molecule has 0 radical (unpaired) electrons. The van der Waals surface area contributed by atoms with E-state index in [9.17, 15) is 14.9 Å². The van der Waals surface area contributed by atoms with Crippen molar-refractivity contribution in [3.05, 3.63) is 70.3 Å². The second-order valence-corrected chi connectivity index (χ2v) is 4.82. The Kier molecular flexibility index (Phi) is 6.01. The fraction of sp³-hybridized carbons (Fsp3) is 0.176. The minimum absolute atomic E-state index is 0.0229. The van der Waals surface area contributed by atoms with Gasteiger partial charge in [-0.3, -0.25) is 20.3 Å².